The lowest BCUT2D eigenvalue weighted by Gasteiger charge is -2.25. The molecule has 0 saturated carbocycles. The first-order valence-electron chi connectivity index (χ1n) is 7.66. The van der Waals surface area contributed by atoms with E-state index in [4.69, 9.17) is 0 Å². The van der Waals surface area contributed by atoms with Crippen molar-refractivity contribution >= 4 is 15.9 Å². The molecule has 0 saturated heterocycles. The van der Waals surface area contributed by atoms with E-state index in [1.54, 1.807) is 0 Å². The third kappa shape index (κ3) is 5.94. The summed E-state index contributed by atoms with van der Waals surface area (Å²) in [4.78, 5) is 2.47. The number of rotatable bonds is 8. The Kier molecular flexibility index (Phi) is 7.78. The van der Waals surface area contributed by atoms with Crippen LogP contribution < -0.4 is 5.32 Å². The lowest BCUT2D eigenvalue weighted by Crippen LogP contribution is -2.30. The minimum Gasteiger partial charge on any atom is -0.312 e. The van der Waals surface area contributed by atoms with Crippen molar-refractivity contribution in [2.75, 3.05) is 13.1 Å². The number of hydrogen-bond donors (Lipinski definition) is 1. The Bertz CT molecular complexity index is 402. The van der Waals surface area contributed by atoms with Gasteiger partial charge in [-0.15, -0.1) is 0 Å². The Labute approximate surface area is 133 Å². The fraction of sp³-hybridized carbons (Fsp3) is 0.647. The van der Waals surface area contributed by atoms with Crippen molar-refractivity contribution in [3.63, 3.8) is 0 Å². The van der Waals surface area contributed by atoms with Gasteiger partial charge < -0.3 is 5.32 Å². The third-order valence-electron chi connectivity index (χ3n) is 3.51. The molecule has 0 atom stereocenters. The van der Waals surface area contributed by atoms with Crippen LogP contribution in [0.25, 0.3) is 0 Å². The molecular weight excluding hydrogens is 312 g/mol. The van der Waals surface area contributed by atoms with E-state index < -0.39 is 0 Å². The number of nitrogens with zero attached hydrogens (tertiary/aromatic N) is 1. The predicted octanol–water partition coefficient (Wildman–Crippen LogP) is 4.43. The summed E-state index contributed by atoms with van der Waals surface area (Å²) in [6, 6.07) is 7.32. The van der Waals surface area contributed by atoms with E-state index in [2.05, 4.69) is 79.0 Å². The quantitative estimate of drug-likeness (QED) is 0.753. The van der Waals surface area contributed by atoms with E-state index in [1.807, 2.05) is 0 Å². The van der Waals surface area contributed by atoms with E-state index in [0.29, 0.717) is 12.0 Å². The van der Waals surface area contributed by atoms with Gasteiger partial charge in [0.1, 0.15) is 0 Å². The molecule has 0 bridgehead atoms. The zero-order valence-corrected chi connectivity index (χ0v) is 15.1. The molecule has 0 fully saturated rings. The standard InChI is InChI=1S/C17H29BrN2/c1-6-20(14(4)5)12-16-8-7-15(9-17(16)18)11-19-10-13(2)3/h7-9,13-14,19H,6,10-12H2,1-5H3. The highest BCUT2D eigenvalue weighted by Crippen LogP contribution is 2.21. The third-order valence-corrected chi connectivity index (χ3v) is 4.25. The Balaban J connectivity index is 2.63. The number of nitrogens with one attached hydrogen (secondary N) is 1. The number of hydrogen-bond acceptors (Lipinski definition) is 2. The van der Waals surface area contributed by atoms with Crippen molar-refractivity contribution in [1.82, 2.24) is 10.2 Å². The van der Waals surface area contributed by atoms with Gasteiger partial charge in [0.25, 0.3) is 0 Å². The van der Waals surface area contributed by atoms with Crippen LogP contribution in [0.5, 0.6) is 0 Å². The Hall–Kier alpha value is -0.380. The molecule has 2 nitrogen and oxygen atoms in total. The van der Waals surface area contributed by atoms with Gasteiger partial charge in [-0.25, -0.2) is 0 Å². The summed E-state index contributed by atoms with van der Waals surface area (Å²) in [5, 5.41) is 3.49. The molecule has 0 aliphatic carbocycles. The van der Waals surface area contributed by atoms with Crippen molar-refractivity contribution in [3.8, 4) is 0 Å². The summed E-state index contributed by atoms with van der Waals surface area (Å²) in [5.74, 6) is 0.696. The van der Waals surface area contributed by atoms with Crippen molar-refractivity contribution in [1.29, 1.82) is 0 Å². The van der Waals surface area contributed by atoms with Crippen LogP contribution in [0.1, 0.15) is 45.7 Å². The van der Waals surface area contributed by atoms with Gasteiger partial charge in [-0.3, -0.25) is 4.90 Å². The number of benzene rings is 1. The van der Waals surface area contributed by atoms with Gasteiger partial charge in [0.15, 0.2) is 0 Å². The summed E-state index contributed by atoms with van der Waals surface area (Å²) in [5.41, 5.74) is 2.71. The summed E-state index contributed by atoms with van der Waals surface area (Å²) >= 11 is 3.72. The Morgan fingerprint density at radius 1 is 1.20 bits per heavy atom. The number of halogens is 1. The first-order chi connectivity index (χ1) is 9.43. The fourth-order valence-electron chi connectivity index (χ4n) is 2.21. The minimum atomic E-state index is 0.583. The average molecular weight is 341 g/mol. The van der Waals surface area contributed by atoms with Crippen LogP contribution >= 0.6 is 15.9 Å². The zero-order valence-electron chi connectivity index (χ0n) is 13.5. The smallest absolute Gasteiger partial charge is 0.0247 e. The minimum absolute atomic E-state index is 0.583. The van der Waals surface area contributed by atoms with Crippen molar-refractivity contribution in [2.45, 2.75) is 53.8 Å². The molecule has 1 aromatic carbocycles. The van der Waals surface area contributed by atoms with Gasteiger partial charge in [0.2, 0.25) is 0 Å². The maximum absolute atomic E-state index is 3.72. The van der Waals surface area contributed by atoms with Gasteiger partial charge in [-0.2, -0.15) is 0 Å². The van der Waals surface area contributed by atoms with Gasteiger partial charge in [0, 0.05) is 23.6 Å². The van der Waals surface area contributed by atoms with Crippen LogP contribution in [0.4, 0.5) is 0 Å². The topological polar surface area (TPSA) is 15.3 Å². The van der Waals surface area contributed by atoms with E-state index in [-0.39, 0.29) is 0 Å². The SMILES string of the molecule is CCN(Cc1ccc(CNCC(C)C)cc1Br)C(C)C. The van der Waals surface area contributed by atoms with Crippen LogP contribution in [-0.2, 0) is 13.1 Å². The first kappa shape index (κ1) is 17.7. The molecule has 1 aromatic rings. The van der Waals surface area contributed by atoms with Crippen LogP contribution in [0, 0.1) is 5.92 Å². The second-order valence-corrected chi connectivity index (χ2v) is 6.96. The second kappa shape index (κ2) is 8.81. The monoisotopic (exact) mass is 340 g/mol. The maximum Gasteiger partial charge on any atom is 0.0247 e. The summed E-state index contributed by atoms with van der Waals surface area (Å²) < 4.78 is 1.22. The van der Waals surface area contributed by atoms with Crippen LogP contribution in [0.3, 0.4) is 0 Å². The zero-order chi connectivity index (χ0) is 15.1. The van der Waals surface area contributed by atoms with E-state index in [1.165, 1.54) is 15.6 Å². The van der Waals surface area contributed by atoms with Crippen molar-refractivity contribution < 1.29 is 0 Å². The molecule has 0 amide bonds. The molecule has 0 radical (unpaired) electrons. The van der Waals surface area contributed by atoms with E-state index in [9.17, 15) is 0 Å². The van der Waals surface area contributed by atoms with Crippen molar-refractivity contribution in [2.24, 2.45) is 5.92 Å². The van der Waals surface area contributed by atoms with E-state index >= 15 is 0 Å². The lowest BCUT2D eigenvalue weighted by molar-refractivity contribution is 0.224. The van der Waals surface area contributed by atoms with Gasteiger partial charge in [-0.05, 0) is 50.0 Å². The second-order valence-electron chi connectivity index (χ2n) is 6.11. The summed E-state index contributed by atoms with van der Waals surface area (Å²) in [6.07, 6.45) is 0. The molecule has 0 aliphatic heterocycles. The van der Waals surface area contributed by atoms with Gasteiger partial charge in [0.05, 0.1) is 0 Å². The van der Waals surface area contributed by atoms with Crippen LogP contribution in [0.2, 0.25) is 0 Å². The molecule has 1 N–H and O–H groups in total. The van der Waals surface area contributed by atoms with Crippen LogP contribution in [0.15, 0.2) is 22.7 Å². The first-order valence-corrected chi connectivity index (χ1v) is 8.45. The molecular formula is C17H29BrN2. The van der Waals surface area contributed by atoms with Gasteiger partial charge >= 0.3 is 0 Å². The van der Waals surface area contributed by atoms with Crippen molar-refractivity contribution in [3.05, 3.63) is 33.8 Å². The molecule has 0 unspecified atom stereocenters. The van der Waals surface area contributed by atoms with Crippen LogP contribution in [-0.4, -0.2) is 24.0 Å². The molecule has 0 aliphatic rings. The van der Waals surface area contributed by atoms with E-state index in [0.717, 1.165) is 26.2 Å². The highest BCUT2D eigenvalue weighted by Gasteiger charge is 2.10. The molecule has 0 aromatic heterocycles. The predicted molar refractivity (Wildman–Crippen MR) is 91.9 cm³/mol. The molecule has 114 valence electrons. The Morgan fingerprint density at radius 2 is 1.90 bits per heavy atom. The Morgan fingerprint density at radius 3 is 2.40 bits per heavy atom. The summed E-state index contributed by atoms with van der Waals surface area (Å²) in [7, 11) is 0. The molecule has 3 heteroatoms. The fourth-order valence-corrected chi connectivity index (χ4v) is 2.76. The highest BCUT2D eigenvalue weighted by atomic mass is 79.9. The largest absolute Gasteiger partial charge is 0.312 e. The summed E-state index contributed by atoms with van der Waals surface area (Å²) in [6.45, 7) is 15.3. The highest BCUT2D eigenvalue weighted by molar-refractivity contribution is 9.10. The lowest BCUT2D eigenvalue weighted by atomic mass is 10.1. The van der Waals surface area contributed by atoms with Gasteiger partial charge in [-0.1, -0.05) is 48.8 Å². The molecule has 1 rings (SSSR count). The molecule has 0 spiro atoms. The average Bonchev–Trinajstić information content (AvgIpc) is 2.37. The molecule has 20 heavy (non-hydrogen) atoms. The maximum atomic E-state index is 3.72. The molecule has 0 heterocycles. The normalized spacial score (nSPS) is 11.8.